The maximum Gasteiger partial charge on any atom is 0.330 e. The second kappa shape index (κ2) is 5.08. The monoisotopic (exact) mass is 292 g/mol. The highest BCUT2D eigenvalue weighted by Gasteiger charge is 2.53. The van der Waals surface area contributed by atoms with Crippen LogP contribution in [0.15, 0.2) is 15.8 Å². The SMILES string of the molecule is CC[C@@]1(CF)O[C@@H](n2cc(F)c(=O)[nH]c2=O)[C@H](F)[C@@H]1C. The van der Waals surface area contributed by atoms with Gasteiger partial charge >= 0.3 is 5.69 Å². The molecule has 1 aliphatic rings. The molecule has 0 unspecified atom stereocenters. The Morgan fingerprint density at radius 2 is 2.15 bits per heavy atom. The van der Waals surface area contributed by atoms with Gasteiger partial charge in [-0.15, -0.1) is 0 Å². The predicted octanol–water partition coefficient (Wildman–Crippen LogP) is 1.30. The van der Waals surface area contributed by atoms with E-state index in [9.17, 15) is 22.8 Å². The van der Waals surface area contributed by atoms with Crippen LogP contribution in [0.5, 0.6) is 0 Å². The average molecular weight is 292 g/mol. The Bertz CT molecular complexity index is 609. The summed E-state index contributed by atoms with van der Waals surface area (Å²) >= 11 is 0. The van der Waals surface area contributed by atoms with Crippen LogP contribution in [0.1, 0.15) is 26.5 Å². The van der Waals surface area contributed by atoms with Gasteiger partial charge in [0, 0.05) is 5.92 Å². The van der Waals surface area contributed by atoms with Gasteiger partial charge in [0.15, 0.2) is 12.4 Å². The first-order valence-electron chi connectivity index (χ1n) is 6.25. The number of alkyl halides is 2. The molecule has 0 aliphatic carbocycles. The van der Waals surface area contributed by atoms with E-state index < -0.39 is 47.7 Å². The Balaban J connectivity index is 2.47. The molecule has 2 heterocycles. The van der Waals surface area contributed by atoms with Crippen molar-refractivity contribution in [3.8, 4) is 0 Å². The Kier molecular flexibility index (Phi) is 3.77. The molecule has 1 aromatic heterocycles. The molecule has 1 aliphatic heterocycles. The van der Waals surface area contributed by atoms with Crippen LogP contribution in [0.2, 0.25) is 0 Å². The van der Waals surface area contributed by atoms with Gasteiger partial charge in [-0.2, -0.15) is 4.39 Å². The lowest BCUT2D eigenvalue weighted by Gasteiger charge is -2.28. The lowest BCUT2D eigenvalue weighted by molar-refractivity contribution is -0.102. The minimum Gasteiger partial charge on any atom is -0.345 e. The number of hydrogen-bond donors (Lipinski definition) is 1. The van der Waals surface area contributed by atoms with E-state index in [-0.39, 0.29) is 6.42 Å². The largest absolute Gasteiger partial charge is 0.345 e. The number of hydrogen-bond acceptors (Lipinski definition) is 3. The standard InChI is InChI=1S/C12H15F3N2O3/c1-3-12(5-13)6(2)8(15)10(20-12)17-4-7(14)9(18)16-11(17)19/h4,6,8,10H,3,5H2,1-2H3,(H,16,18,19)/t6-,8+,10+,12-/m0/s1. The topological polar surface area (TPSA) is 64.1 Å². The molecule has 5 nitrogen and oxygen atoms in total. The lowest BCUT2D eigenvalue weighted by atomic mass is 9.86. The summed E-state index contributed by atoms with van der Waals surface area (Å²) in [5.41, 5.74) is -3.54. The Morgan fingerprint density at radius 3 is 2.65 bits per heavy atom. The highest BCUT2D eigenvalue weighted by molar-refractivity contribution is 5.00. The van der Waals surface area contributed by atoms with Crippen LogP contribution in [0.25, 0.3) is 0 Å². The Hall–Kier alpha value is -1.57. The van der Waals surface area contributed by atoms with E-state index in [0.717, 1.165) is 0 Å². The number of rotatable bonds is 3. The second-order valence-electron chi connectivity index (χ2n) is 4.94. The van der Waals surface area contributed by atoms with Crippen LogP contribution >= 0.6 is 0 Å². The molecule has 0 radical (unpaired) electrons. The summed E-state index contributed by atoms with van der Waals surface area (Å²) in [6.07, 6.45) is -2.36. The van der Waals surface area contributed by atoms with Crippen LogP contribution in [0.3, 0.4) is 0 Å². The van der Waals surface area contributed by atoms with Crippen molar-refractivity contribution < 1.29 is 17.9 Å². The minimum atomic E-state index is -1.69. The molecular formula is C12H15F3N2O3. The van der Waals surface area contributed by atoms with E-state index in [1.165, 1.54) is 6.92 Å². The van der Waals surface area contributed by atoms with Crippen molar-refractivity contribution in [2.75, 3.05) is 6.67 Å². The van der Waals surface area contributed by atoms with Gasteiger partial charge in [-0.3, -0.25) is 14.3 Å². The number of H-pyrrole nitrogens is 1. The van der Waals surface area contributed by atoms with E-state index in [4.69, 9.17) is 4.74 Å². The molecule has 1 fully saturated rings. The smallest absolute Gasteiger partial charge is 0.330 e. The quantitative estimate of drug-likeness (QED) is 0.913. The summed E-state index contributed by atoms with van der Waals surface area (Å²) in [5, 5.41) is 0. The molecule has 0 aromatic carbocycles. The van der Waals surface area contributed by atoms with Gasteiger partial charge in [0.05, 0.1) is 6.20 Å². The van der Waals surface area contributed by atoms with Gasteiger partial charge in [0.2, 0.25) is 5.82 Å². The van der Waals surface area contributed by atoms with Gasteiger partial charge in [-0.1, -0.05) is 13.8 Å². The molecule has 0 spiro atoms. The minimum absolute atomic E-state index is 0.210. The first kappa shape index (κ1) is 14.8. The van der Waals surface area contributed by atoms with E-state index in [1.54, 1.807) is 11.9 Å². The van der Waals surface area contributed by atoms with Gasteiger partial charge < -0.3 is 4.74 Å². The molecule has 1 N–H and O–H groups in total. The van der Waals surface area contributed by atoms with Gasteiger partial charge in [-0.05, 0) is 6.42 Å². The van der Waals surface area contributed by atoms with Gasteiger partial charge in [0.25, 0.3) is 5.56 Å². The Morgan fingerprint density at radius 1 is 1.50 bits per heavy atom. The van der Waals surface area contributed by atoms with Crippen molar-refractivity contribution in [1.29, 1.82) is 0 Å². The zero-order valence-corrected chi connectivity index (χ0v) is 11.0. The molecule has 4 atom stereocenters. The maximum absolute atomic E-state index is 14.3. The zero-order chi connectivity index (χ0) is 15.1. The highest BCUT2D eigenvalue weighted by atomic mass is 19.1. The number of halogens is 3. The van der Waals surface area contributed by atoms with E-state index in [2.05, 4.69) is 0 Å². The van der Waals surface area contributed by atoms with Crippen molar-refractivity contribution in [1.82, 2.24) is 9.55 Å². The van der Waals surface area contributed by atoms with Gasteiger partial charge in [-0.25, -0.2) is 13.6 Å². The van der Waals surface area contributed by atoms with Crippen LogP contribution < -0.4 is 11.2 Å². The number of aromatic nitrogens is 2. The van der Waals surface area contributed by atoms with Gasteiger partial charge in [0.1, 0.15) is 12.3 Å². The molecule has 1 saturated heterocycles. The molecule has 112 valence electrons. The van der Waals surface area contributed by atoms with Crippen molar-refractivity contribution >= 4 is 0 Å². The zero-order valence-electron chi connectivity index (χ0n) is 11.0. The highest BCUT2D eigenvalue weighted by Crippen LogP contribution is 2.44. The fourth-order valence-electron chi connectivity index (χ4n) is 2.46. The van der Waals surface area contributed by atoms with Crippen LogP contribution in [0.4, 0.5) is 13.2 Å². The van der Waals surface area contributed by atoms with Crippen molar-refractivity contribution in [2.24, 2.45) is 5.92 Å². The molecule has 0 bridgehead atoms. The molecule has 1 aromatic rings. The van der Waals surface area contributed by atoms with Crippen LogP contribution in [-0.2, 0) is 4.74 Å². The summed E-state index contributed by atoms with van der Waals surface area (Å²) in [5.74, 6) is -2.04. The van der Waals surface area contributed by atoms with E-state index >= 15 is 0 Å². The third-order valence-corrected chi connectivity index (χ3v) is 3.96. The second-order valence-corrected chi connectivity index (χ2v) is 4.94. The average Bonchev–Trinajstić information content (AvgIpc) is 2.68. The number of nitrogens with one attached hydrogen (secondary N) is 1. The summed E-state index contributed by atoms with van der Waals surface area (Å²) in [6.45, 7) is 2.20. The molecule has 2 rings (SSSR count). The summed E-state index contributed by atoms with van der Waals surface area (Å²) in [4.78, 5) is 24.3. The third-order valence-electron chi connectivity index (χ3n) is 3.96. The fraction of sp³-hybridized carbons (Fsp3) is 0.667. The van der Waals surface area contributed by atoms with Crippen molar-refractivity contribution in [3.63, 3.8) is 0 Å². The summed E-state index contributed by atoms with van der Waals surface area (Å²) in [7, 11) is 0. The summed E-state index contributed by atoms with van der Waals surface area (Å²) < 4.78 is 46.7. The molecule has 20 heavy (non-hydrogen) atoms. The molecule has 8 heteroatoms. The van der Waals surface area contributed by atoms with Crippen molar-refractivity contribution in [3.05, 3.63) is 32.9 Å². The molecule has 0 saturated carbocycles. The molecule has 0 amide bonds. The summed E-state index contributed by atoms with van der Waals surface area (Å²) in [6, 6.07) is 0. The van der Waals surface area contributed by atoms with Crippen LogP contribution in [0, 0.1) is 11.7 Å². The third kappa shape index (κ3) is 2.07. The van der Waals surface area contributed by atoms with E-state index in [0.29, 0.717) is 10.8 Å². The number of ether oxygens (including phenoxy) is 1. The first-order valence-corrected chi connectivity index (χ1v) is 6.25. The van der Waals surface area contributed by atoms with E-state index in [1.807, 2.05) is 0 Å². The Labute approximate surface area is 112 Å². The fourth-order valence-corrected chi connectivity index (χ4v) is 2.46. The lowest BCUT2D eigenvalue weighted by Crippen LogP contribution is -2.38. The van der Waals surface area contributed by atoms with Crippen molar-refractivity contribution in [2.45, 2.75) is 38.3 Å². The first-order chi connectivity index (χ1) is 9.36. The number of aromatic amines is 1. The maximum atomic E-state index is 14.3. The predicted molar refractivity (Wildman–Crippen MR) is 64.5 cm³/mol. The van der Waals surface area contributed by atoms with Crippen LogP contribution in [-0.4, -0.2) is 28.0 Å². The molecular weight excluding hydrogens is 277 g/mol. The normalized spacial score (nSPS) is 33.5. The number of nitrogens with zero attached hydrogens (tertiary/aromatic N) is 1.